The second-order valence-electron chi connectivity index (χ2n) is 16.7. The molecule has 0 radical (unpaired) electrons. The third kappa shape index (κ3) is 16.8. The van der Waals surface area contributed by atoms with E-state index >= 15 is 4.39 Å². The Hall–Kier alpha value is -4.70. The highest BCUT2D eigenvalue weighted by Gasteiger charge is 2.37. The standard InChI is InChI=1S/C43H59F2N4O8SSi/c1-42(2,3)39(35-23-30(32-24-31(44)15-16-33(32)45)26-48(35)25-29-13-10-9-11-14-29)49(20-12-19-46-41(55)56-21-22-59(7)8)37(51)28-58-27-34(40(53)54)47-36(50)17-18-38(52)57-43(4,5)6/h9-11,13-16,23-24,26,34,39H,12,17-22,25,27-28H2,1-8H3,(H,46,55)(H,47,50)(H,53,54)/q-1/t34-,39-/m0/s1. The number of aromatic nitrogens is 1. The second kappa shape index (κ2) is 22.6. The summed E-state index contributed by atoms with van der Waals surface area (Å²) >= 11 is 1.03. The molecular formula is C43H59F2N4O8SSi-. The number of aliphatic carboxylic acids is 1. The quantitative estimate of drug-likeness (QED) is 0.0556. The SMILES string of the molecule is C[Si-](C)CCOC(=O)NCCCN(C(=O)CSC[C@H](NC(=O)CCC(=O)OC(C)(C)C)C(=O)O)[C@@H](c1cc(-c2cc(F)ccc2F)cn1Cc1ccccc1)C(C)(C)C. The first kappa shape index (κ1) is 48.7. The van der Waals surface area contributed by atoms with Crippen LogP contribution in [0.2, 0.25) is 19.1 Å². The molecule has 0 aliphatic rings. The molecule has 3 aromatic rings. The lowest BCUT2D eigenvalue weighted by Gasteiger charge is -2.41. The minimum atomic E-state index is -1.34. The van der Waals surface area contributed by atoms with Crippen LogP contribution >= 0.6 is 11.8 Å². The number of amides is 3. The van der Waals surface area contributed by atoms with Crippen molar-refractivity contribution in [3.63, 3.8) is 0 Å². The van der Waals surface area contributed by atoms with Crippen LogP contribution in [0.3, 0.4) is 0 Å². The van der Waals surface area contributed by atoms with Crippen LogP contribution in [0.5, 0.6) is 0 Å². The Balaban J connectivity index is 1.93. The molecule has 3 N–H and O–H groups in total. The van der Waals surface area contributed by atoms with Gasteiger partial charge >= 0.3 is 18.0 Å². The summed E-state index contributed by atoms with van der Waals surface area (Å²) < 4.78 is 42.2. The fourth-order valence-electron chi connectivity index (χ4n) is 6.24. The highest BCUT2D eigenvalue weighted by Crippen LogP contribution is 2.41. The molecule has 3 rings (SSSR count). The van der Waals surface area contributed by atoms with Gasteiger partial charge in [0.25, 0.3) is 0 Å². The van der Waals surface area contributed by atoms with Crippen LogP contribution in [0, 0.1) is 17.0 Å². The van der Waals surface area contributed by atoms with Crippen LogP contribution in [0.1, 0.15) is 78.1 Å². The van der Waals surface area contributed by atoms with Gasteiger partial charge in [0.2, 0.25) is 11.8 Å². The first-order valence-corrected chi connectivity index (χ1v) is 23.5. The summed E-state index contributed by atoms with van der Waals surface area (Å²) in [5.41, 5.74) is 0.707. The molecule has 2 aromatic carbocycles. The largest absolute Gasteiger partial charge is 0.480 e. The van der Waals surface area contributed by atoms with Gasteiger partial charge in [0.05, 0.1) is 24.8 Å². The van der Waals surface area contributed by atoms with Crippen LogP contribution in [0.25, 0.3) is 11.1 Å². The Morgan fingerprint density at radius 1 is 0.966 bits per heavy atom. The lowest BCUT2D eigenvalue weighted by atomic mass is 9.83. The third-order valence-electron chi connectivity index (χ3n) is 8.90. The lowest BCUT2D eigenvalue weighted by Crippen LogP contribution is -2.45. The third-order valence-corrected chi connectivity index (χ3v) is 11.1. The number of rotatable bonds is 21. The Morgan fingerprint density at radius 2 is 1.66 bits per heavy atom. The molecule has 0 unspecified atom stereocenters. The van der Waals surface area contributed by atoms with Gasteiger partial charge in [0, 0.05) is 54.8 Å². The van der Waals surface area contributed by atoms with Gasteiger partial charge in [-0.05, 0) is 62.4 Å². The minimum Gasteiger partial charge on any atom is -0.480 e. The number of carbonyl (C=O) groups excluding carboxylic acids is 4. The highest BCUT2D eigenvalue weighted by atomic mass is 32.2. The average molecular weight is 858 g/mol. The molecule has 0 saturated carbocycles. The zero-order valence-corrected chi connectivity index (χ0v) is 37.2. The molecule has 2 atom stereocenters. The molecule has 0 aliphatic carbocycles. The van der Waals surface area contributed by atoms with Crippen molar-refractivity contribution in [3.05, 3.63) is 83.7 Å². The van der Waals surface area contributed by atoms with Crippen molar-refractivity contribution in [2.45, 2.75) is 104 Å². The Labute approximate surface area is 352 Å². The van der Waals surface area contributed by atoms with Gasteiger partial charge in [-0.2, -0.15) is 13.1 Å². The lowest BCUT2D eigenvalue weighted by molar-refractivity contribution is -0.155. The van der Waals surface area contributed by atoms with Gasteiger partial charge in [-0.3, -0.25) is 23.2 Å². The van der Waals surface area contributed by atoms with E-state index in [4.69, 9.17) is 9.47 Å². The molecule has 324 valence electrons. The number of hydrogen-bond acceptors (Lipinski definition) is 8. The Morgan fingerprint density at radius 3 is 2.29 bits per heavy atom. The summed E-state index contributed by atoms with van der Waals surface area (Å²) in [6, 6.07) is 13.4. The van der Waals surface area contributed by atoms with E-state index in [-0.39, 0.29) is 48.9 Å². The number of hydrogen-bond donors (Lipinski definition) is 3. The number of carboxylic acid groups (broad SMARTS) is 1. The molecule has 0 bridgehead atoms. The number of esters is 1. The van der Waals surface area contributed by atoms with Crippen molar-refractivity contribution in [1.82, 2.24) is 20.1 Å². The zero-order valence-electron chi connectivity index (χ0n) is 35.4. The number of thioether (sulfide) groups is 1. The summed E-state index contributed by atoms with van der Waals surface area (Å²) in [6.45, 7) is 16.3. The molecule has 0 spiro atoms. The summed E-state index contributed by atoms with van der Waals surface area (Å²) in [5, 5.41) is 15.1. The molecule has 0 fully saturated rings. The predicted molar refractivity (Wildman–Crippen MR) is 227 cm³/mol. The van der Waals surface area contributed by atoms with Crippen molar-refractivity contribution in [3.8, 4) is 11.1 Å². The van der Waals surface area contributed by atoms with E-state index in [2.05, 4.69) is 23.7 Å². The highest BCUT2D eigenvalue weighted by molar-refractivity contribution is 8.00. The van der Waals surface area contributed by atoms with Crippen LogP contribution in [-0.2, 0) is 35.2 Å². The van der Waals surface area contributed by atoms with Crippen molar-refractivity contribution in [2.24, 2.45) is 5.41 Å². The number of halogens is 2. The number of nitrogens with one attached hydrogen (secondary N) is 2. The van der Waals surface area contributed by atoms with Crippen LogP contribution in [-0.4, -0.2) is 96.1 Å². The molecular weight excluding hydrogens is 799 g/mol. The summed E-state index contributed by atoms with van der Waals surface area (Å²) in [7, 11) is -0.566. The van der Waals surface area contributed by atoms with Crippen LogP contribution in [0.15, 0.2) is 60.8 Å². The van der Waals surface area contributed by atoms with Gasteiger partial charge in [0.15, 0.2) is 0 Å². The normalized spacial score (nSPS) is 12.7. The molecule has 3 amide bonds. The van der Waals surface area contributed by atoms with Crippen molar-refractivity contribution in [2.75, 3.05) is 31.2 Å². The molecule has 0 saturated heterocycles. The van der Waals surface area contributed by atoms with Gasteiger partial charge in [-0.25, -0.2) is 18.4 Å². The molecule has 0 aliphatic heterocycles. The van der Waals surface area contributed by atoms with Crippen molar-refractivity contribution < 1.29 is 47.3 Å². The fraction of sp³-hybridized carbons (Fsp3) is 0.512. The van der Waals surface area contributed by atoms with E-state index < -0.39 is 67.5 Å². The molecule has 12 nitrogen and oxygen atoms in total. The van der Waals surface area contributed by atoms with Gasteiger partial charge in [-0.1, -0.05) is 51.1 Å². The topological polar surface area (TPSA) is 156 Å². The number of alkyl carbamates (subject to hydrolysis) is 1. The zero-order chi connectivity index (χ0) is 43.9. The number of carbonyl (C=O) groups is 5. The van der Waals surface area contributed by atoms with Crippen molar-refractivity contribution in [1.29, 1.82) is 0 Å². The fourth-order valence-corrected chi connectivity index (χ4v) is 7.67. The van der Waals surface area contributed by atoms with Crippen LogP contribution in [0.4, 0.5) is 13.6 Å². The maximum Gasteiger partial charge on any atom is 0.407 e. The molecule has 1 aromatic heterocycles. The van der Waals surface area contributed by atoms with Gasteiger partial charge < -0.3 is 34.7 Å². The van der Waals surface area contributed by atoms with Crippen LogP contribution < -0.4 is 10.6 Å². The van der Waals surface area contributed by atoms with Gasteiger partial charge in [0.1, 0.15) is 23.3 Å². The minimum absolute atomic E-state index is 0.0640. The second-order valence-corrected chi connectivity index (χ2v) is 20.6. The summed E-state index contributed by atoms with van der Waals surface area (Å²) in [5.74, 6) is -4.40. The van der Waals surface area contributed by atoms with E-state index in [9.17, 15) is 33.5 Å². The van der Waals surface area contributed by atoms with E-state index in [0.717, 1.165) is 41.6 Å². The maximum atomic E-state index is 15.2. The molecule has 1 heterocycles. The number of nitrogens with zero attached hydrogens (tertiary/aromatic N) is 2. The Bertz CT molecular complexity index is 1880. The first-order chi connectivity index (χ1) is 27.6. The number of carboxylic acids is 1. The smallest absolute Gasteiger partial charge is 0.407 e. The summed E-state index contributed by atoms with van der Waals surface area (Å²) in [6.07, 6.45) is 1.03. The Kier molecular flexibility index (Phi) is 18.6. The van der Waals surface area contributed by atoms with E-state index in [0.29, 0.717) is 30.8 Å². The number of benzene rings is 2. The predicted octanol–water partition coefficient (Wildman–Crippen LogP) is 7.69. The van der Waals surface area contributed by atoms with Crippen molar-refractivity contribution >= 4 is 50.4 Å². The summed E-state index contributed by atoms with van der Waals surface area (Å²) in [4.78, 5) is 65.4. The van der Waals surface area contributed by atoms with Gasteiger partial charge in [-0.15, -0.1) is 17.8 Å². The monoisotopic (exact) mass is 857 g/mol. The van der Waals surface area contributed by atoms with E-state index in [1.165, 1.54) is 0 Å². The number of ether oxygens (including phenoxy) is 2. The molecule has 16 heteroatoms. The molecule has 59 heavy (non-hydrogen) atoms. The van der Waals surface area contributed by atoms with E-state index in [1.54, 1.807) is 37.9 Å². The first-order valence-electron chi connectivity index (χ1n) is 19.6. The van der Waals surface area contributed by atoms with E-state index in [1.807, 2.05) is 55.7 Å². The average Bonchev–Trinajstić information content (AvgIpc) is 3.53. The maximum absolute atomic E-state index is 15.2.